The maximum Gasteiger partial charge on any atom is 0.305 e. The van der Waals surface area contributed by atoms with E-state index in [0.717, 1.165) is 5.69 Å². The maximum absolute atomic E-state index is 6.12. The standard InChI is InChI=1S/C13H29N3O2Si3/c1-19(2,3)16-11-10-14-13(18-21(7,8)9)15-12(11)17-20(4,5)6/h10,16H,1-9H3. The summed E-state index contributed by atoms with van der Waals surface area (Å²) in [7, 11) is -4.97. The van der Waals surface area contributed by atoms with Gasteiger partial charge in [-0.1, -0.05) is 19.6 Å². The van der Waals surface area contributed by atoms with Crippen LogP contribution in [0.25, 0.3) is 0 Å². The van der Waals surface area contributed by atoms with E-state index in [4.69, 9.17) is 8.85 Å². The number of nitrogens with one attached hydrogen (secondary N) is 1. The van der Waals surface area contributed by atoms with Crippen molar-refractivity contribution >= 4 is 30.6 Å². The van der Waals surface area contributed by atoms with Gasteiger partial charge < -0.3 is 13.8 Å². The van der Waals surface area contributed by atoms with Crippen molar-refractivity contribution in [2.75, 3.05) is 4.98 Å². The second-order valence-corrected chi connectivity index (χ2v) is 21.8. The number of rotatable bonds is 6. The summed E-state index contributed by atoms with van der Waals surface area (Å²) in [6.45, 7) is 19.5. The third-order valence-corrected chi connectivity index (χ3v) is 4.66. The summed E-state index contributed by atoms with van der Waals surface area (Å²) in [5.74, 6) is 0.625. The Hall–Kier alpha value is -0.869. The molecule has 0 aliphatic carbocycles. The Bertz CT molecular complexity index is 491. The van der Waals surface area contributed by atoms with E-state index in [2.05, 4.69) is 73.9 Å². The second-order valence-electron chi connectivity index (χ2n) is 8.18. The first kappa shape index (κ1) is 18.2. The van der Waals surface area contributed by atoms with Crippen LogP contribution in [-0.2, 0) is 0 Å². The fourth-order valence-electron chi connectivity index (χ4n) is 1.53. The van der Waals surface area contributed by atoms with Crippen molar-refractivity contribution in [1.82, 2.24) is 9.97 Å². The molecular formula is C13H29N3O2Si3. The molecule has 8 heteroatoms. The highest BCUT2D eigenvalue weighted by atomic mass is 28.4. The highest BCUT2D eigenvalue weighted by Crippen LogP contribution is 2.28. The number of aromatic nitrogens is 2. The van der Waals surface area contributed by atoms with Crippen LogP contribution < -0.4 is 13.8 Å². The highest BCUT2D eigenvalue weighted by Gasteiger charge is 2.25. The van der Waals surface area contributed by atoms with Crippen molar-refractivity contribution in [1.29, 1.82) is 0 Å². The van der Waals surface area contributed by atoms with E-state index in [1.807, 2.05) is 0 Å². The van der Waals surface area contributed by atoms with Crippen LogP contribution in [0.2, 0.25) is 58.9 Å². The first-order valence-electron chi connectivity index (χ1n) is 7.28. The molecule has 0 saturated carbocycles. The third-order valence-electron chi connectivity index (χ3n) is 2.04. The van der Waals surface area contributed by atoms with Gasteiger partial charge in [0.1, 0.15) is 13.9 Å². The molecule has 0 amide bonds. The summed E-state index contributed by atoms with van der Waals surface area (Å²) >= 11 is 0. The van der Waals surface area contributed by atoms with Gasteiger partial charge in [-0.25, -0.2) is 4.98 Å². The van der Waals surface area contributed by atoms with Crippen LogP contribution in [0.4, 0.5) is 5.69 Å². The zero-order chi connectivity index (χ0) is 16.5. The molecule has 1 aromatic heterocycles. The SMILES string of the molecule is C[Si](C)(C)Nc1cnc(O[Si](C)(C)C)nc1O[Si](C)(C)C. The molecule has 0 fully saturated rings. The molecule has 0 aliphatic heterocycles. The van der Waals surface area contributed by atoms with Crippen molar-refractivity contribution < 1.29 is 8.85 Å². The number of anilines is 1. The van der Waals surface area contributed by atoms with Gasteiger partial charge >= 0.3 is 6.01 Å². The molecule has 0 saturated heterocycles. The van der Waals surface area contributed by atoms with Crippen molar-refractivity contribution in [3.8, 4) is 11.9 Å². The van der Waals surface area contributed by atoms with E-state index >= 15 is 0 Å². The number of hydrogen-bond acceptors (Lipinski definition) is 5. The predicted molar refractivity (Wildman–Crippen MR) is 96.9 cm³/mol. The molecule has 0 bridgehead atoms. The van der Waals surface area contributed by atoms with E-state index in [-0.39, 0.29) is 0 Å². The lowest BCUT2D eigenvalue weighted by atomic mass is 10.5. The topological polar surface area (TPSA) is 56.3 Å². The molecule has 0 aliphatic rings. The zero-order valence-electron chi connectivity index (χ0n) is 14.8. The molecule has 0 atom stereocenters. The highest BCUT2D eigenvalue weighted by molar-refractivity contribution is 6.79. The van der Waals surface area contributed by atoms with E-state index < -0.39 is 24.9 Å². The molecule has 0 spiro atoms. The van der Waals surface area contributed by atoms with Gasteiger partial charge in [0, 0.05) is 0 Å². The number of hydrogen-bond donors (Lipinski definition) is 1. The van der Waals surface area contributed by atoms with E-state index in [1.54, 1.807) is 6.20 Å². The van der Waals surface area contributed by atoms with Crippen molar-refractivity contribution in [2.24, 2.45) is 0 Å². The maximum atomic E-state index is 6.12. The van der Waals surface area contributed by atoms with E-state index in [1.165, 1.54) is 0 Å². The Morgan fingerprint density at radius 2 is 1.38 bits per heavy atom. The molecule has 0 aromatic carbocycles. The van der Waals surface area contributed by atoms with Crippen LogP contribution in [0.3, 0.4) is 0 Å². The van der Waals surface area contributed by atoms with Crippen LogP contribution in [0.15, 0.2) is 6.20 Å². The zero-order valence-corrected chi connectivity index (χ0v) is 17.8. The van der Waals surface area contributed by atoms with Gasteiger partial charge in [0.2, 0.25) is 22.5 Å². The summed E-state index contributed by atoms with van der Waals surface area (Å²) < 4.78 is 12.0. The molecule has 1 heterocycles. The summed E-state index contributed by atoms with van der Waals surface area (Å²) in [6, 6.07) is 0.420. The van der Waals surface area contributed by atoms with Crippen LogP contribution in [-0.4, -0.2) is 34.8 Å². The molecule has 1 rings (SSSR count). The molecule has 21 heavy (non-hydrogen) atoms. The largest absolute Gasteiger partial charge is 0.530 e. The second kappa shape index (κ2) is 6.09. The van der Waals surface area contributed by atoms with Gasteiger partial charge in [-0.05, 0) is 39.3 Å². The lowest BCUT2D eigenvalue weighted by molar-refractivity contribution is 0.477. The minimum absolute atomic E-state index is 0.420. The van der Waals surface area contributed by atoms with Gasteiger partial charge in [-0.15, -0.1) is 0 Å². The Kier molecular flexibility index (Phi) is 5.27. The predicted octanol–water partition coefficient (Wildman–Crippen LogP) is 4.15. The Morgan fingerprint density at radius 1 is 0.857 bits per heavy atom. The van der Waals surface area contributed by atoms with E-state index in [9.17, 15) is 0 Å². The van der Waals surface area contributed by atoms with Gasteiger partial charge in [0.15, 0.2) is 0 Å². The lowest BCUT2D eigenvalue weighted by Gasteiger charge is -2.26. The molecule has 1 N–H and O–H groups in total. The van der Waals surface area contributed by atoms with E-state index in [0.29, 0.717) is 11.9 Å². The molecular weight excluding hydrogens is 314 g/mol. The quantitative estimate of drug-likeness (QED) is 0.786. The summed E-state index contributed by atoms with van der Waals surface area (Å²) in [4.78, 5) is 12.4. The molecule has 0 radical (unpaired) electrons. The van der Waals surface area contributed by atoms with Gasteiger partial charge in [-0.3, -0.25) is 0 Å². The minimum Gasteiger partial charge on any atom is -0.530 e. The summed E-state index contributed by atoms with van der Waals surface area (Å²) in [5, 5.41) is 0. The fraction of sp³-hybridized carbons (Fsp3) is 0.692. The third kappa shape index (κ3) is 7.63. The van der Waals surface area contributed by atoms with Gasteiger partial charge in [0.05, 0.1) is 6.20 Å². The Labute approximate surface area is 131 Å². The average molecular weight is 344 g/mol. The van der Waals surface area contributed by atoms with Crippen LogP contribution in [0.5, 0.6) is 11.9 Å². The van der Waals surface area contributed by atoms with Gasteiger partial charge in [-0.2, -0.15) is 4.98 Å². The minimum atomic E-state index is -1.75. The fourth-order valence-corrected chi connectivity index (χ4v) is 3.89. The van der Waals surface area contributed by atoms with Crippen molar-refractivity contribution in [3.63, 3.8) is 0 Å². The molecule has 1 aromatic rings. The molecule has 5 nitrogen and oxygen atoms in total. The first-order valence-corrected chi connectivity index (χ1v) is 17.6. The average Bonchev–Trinajstić information content (AvgIpc) is 2.15. The van der Waals surface area contributed by atoms with Crippen molar-refractivity contribution in [3.05, 3.63) is 6.20 Å². The summed E-state index contributed by atoms with van der Waals surface area (Å²) in [6.07, 6.45) is 1.79. The Morgan fingerprint density at radius 3 is 1.81 bits per heavy atom. The molecule has 0 unspecified atom stereocenters. The van der Waals surface area contributed by atoms with Crippen LogP contribution in [0.1, 0.15) is 0 Å². The summed E-state index contributed by atoms with van der Waals surface area (Å²) in [5.41, 5.74) is 0.875. The Balaban J connectivity index is 3.14. The number of nitrogens with zero attached hydrogens (tertiary/aromatic N) is 2. The van der Waals surface area contributed by atoms with Crippen LogP contribution >= 0.6 is 0 Å². The molecule has 120 valence electrons. The smallest absolute Gasteiger partial charge is 0.305 e. The normalized spacial score (nSPS) is 13.0. The van der Waals surface area contributed by atoms with Gasteiger partial charge in [0.25, 0.3) is 0 Å². The first-order chi connectivity index (χ1) is 9.25. The lowest BCUT2D eigenvalue weighted by Crippen LogP contribution is -2.35. The van der Waals surface area contributed by atoms with Crippen molar-refractivity contribution in [2.45, 2.75) is 58.9 Å². The monoisotopic (exact) mass is 343 g/mol. The van der Waals surface area contributed by atoms with Crippen LogP contribution in [0, 0.1) is 0 Å².